The van der Waals surface area contributed by atoms with E-state index in [1.54, 1.807) is 0 Å². The van der Waals surface area contributed by atoms with Gasteiger partial charge in [-0.3, -0.25) is 0 Å². The Morgan fingerprint density at radius 1 is 1.04 bits per heavy atom. The summed E-state index contributed by atoms with van der Waals surface area (Å²) in [5.74, 6) is 0. The summed E-state index contributed by atoms with van der Waals surface area (Å²) in [5.41, 5.74) is 3.08. The number of hydrogen-bond acceptors (Lipinski definition) is 3. The normalized spacial score (nSPS) is 17.1. The standard InChI is InChI=1S/C23H29NO3/c1-23(2,3)27-22(25)24-15-7-10-21(24)17-26-16-18-11-13-20(14-12-18)19-8-5-4-6-9-19/h4-6,8-9,11-14,21H,7,10,15-17H2,1-3H3/t21-/m0/s1. The summed E-state index contributed by atoms with van der Waals surface area (Å²) in [4.78, 5) is 14.1. The monoisotopic (exact) mass is 367 g/mol. The highest BCUT2D eigenvalue weighted by atomic mass is 16.6. The molecule has 0 aromatic heterocycles. The van der Waals surface area contributed by atoms with Crippen LogP contribution >= 0.6 is 0 Å². The molecule has 1 heterocycles. The number of carbonyl (C=O) groups excluding carboxylic acids is 1. The zero-order valence-corrected chi connectivity index (χ0v) is 16.5. The Hall–Kier alpha value is -2.33. The van der Waals surface area contributed by atoms with E-state index in [1.807, 2.05) is 43.9 Å². The summed E-state index contributed by atoms with van der Waals surface area (Å²) in [6.07, 6.45) is 1.73. The Morgan fingerprint density at radius 2 is 1.70 bits per heavy atom. The second-order valence-electron chi connectivity index (χ2n) is 8.05. The first-order valence-corrected chi connectivity index (χ1v) is 9.64. The summed E-state index contributed by atoms with van der Waals surface area (Å²) in [6, 6.07) is 18.9. The SMILES string of the molecule is CC(C)(C)OC(=O)N1CCC[C@H]1COCc1ccc(-c2ccccc2)cc1. The largest absolute Gasteiger partial charge is 0.444 e. The molecule has 1 amide bonds. The average Bonchev–Trinajstić information content (AvgIpc) is 3.10. The molecule has 1 fully saturated rings. The van der Waals surface area contributed by atoms with Gasteiger partial charge in [0.15, 0.2) is 0 Å². The number of hydrogen-bond donors (Lipinski definition) is 0. The molecule has 0 unspecified atom stereocenters. The van der Waals surface area contributed by atoms with Crippen molar-refractivity contribution >= 4 is 6.09 Å². The first-order valence-electron chi connectivity index (χ1n) is 9.64. The van der Waals surface area contributed by atoms with Crippen molar-refractivity contribution in [3.8, 4) is 11.1 Å². The average molecular weight is 367 g/mol. The molecule has 0 aliphatic carbocycles. The lowest BCUT2D eigenvalue weighted by Gasteiger charge is -2.28. The predicted molar refractivity (Wildman–Crippen MR) is 107 cm³/mol. The Balaban J connectivity index is 1.50. The number of ether oxygens (including phenoxy) is 2. The molecule has 0 radical (unpaired) electrons. The van der Waals surface area contributed by atoms with Gasteiger partial charge in [-0.15, -0.1) is 0 Å². The van der Waals surface area contributed by atoms with Crippen LogP contribution in [0.2, 0.25) is 0 Å². The highest BCUT2D eigenvalue weighted by Crippen LogP contribution is 2.22. The predicted octanol–water partition coefficient (Wildman–Crippen LogP) is 5.27. The molecule has 2 aromatic carbocycles. The van der Waals surface area contributed by atoms with Gasteiger partial charge in [0.05, 0.1) is 19.3 Å². The topological polar surface area (TPSA) is 38.8 Å². The molecule has 1 saturated heterocycles. The van der Waals surface area contributed by atoms with E-state index < -0.39 is 5.60 Å². The lowest BCUT2D eigenvalue weighted by atomic mass is 10.0. The van der Waals surface area contributed by atoms with E-state index >= 15 is 0 Å². The number of nitrogens with zero attached hydrogens (tertiary/aromatic N) is 1. The zero-order valence-electron chi connectivity index (χ0n) is 16.5. The molecular weight excluding hydrogens is 338 g/mol. The summed E-state index contributed by atoms with van der Waals surface area (Å²) in [6.45, 7) is 7.52. The maximum absolute atomic E-state index is 12.3. The van der Waals surface area contributed by atoms with E-state index in [-0.39, 0.29) is 12.1 Å². The minimum atomic E-state index is -0.467. The Labute approximate surface area is 162 Å². The third-order valence-electron chi connectivity index (χ3n) is 4.65. The lowest BCUT2D eigenvalue weighted by molar-refractivity contribution is 0.00883. The molecule has 1 aliphatic heterocycles. The maximum Gasteiger partial charge on any atom is 0.410 e. The first-order chi connectivity index (χ1) is 12.9. The van der Waals surface area contributed by atoms with E-state index in [0.717, 1.165) is 24.9 Å². The number of amides is 1. The molecule has 4 heteroatoms. The van der Waals surface area contributed by atoms with Crippen LogP contribution in [-0.4, -0.2) is 35.8 Å². The number of likely N-dealkylation sites (tertiary alicyclic amines) is 1. The number of rotatable bonds is 5. The van der Waals surface area contributed by atoms with E-state index in [4.69, 9.17) is 9.47 Å². The van der Waals surface area contributed by atoms with Gasteiger partial charge in [-0.05, 0) is 50.3 Å². The van der Waals surface area contributed by atoms with Crippen molar-refractivity contribution < 1.29 is 14.3 Å². The molecular formula is C23H29NO3. The Morgan fingerprint density at radius 3 is 2.37 bits per heavy atom. The molecule has 0 bridgehead atoms. The third-order valence-corrected chi connectivity index (χ3v) is 4.65. The molecule has 2 aromatic rings. The summed E-state index contributed by atoms with van der Waals surface area (Å²) >= 11 is 0. The van der Waals surface area contributed by atoms with Gasteiger partial charge >= 0.3 is 6.09 Å². The molecule has 27 heavy (non-hydrogen) atoms. The molecule has 1 aliphatic rings. The van der Waals surface area contributed by atoms with Crippen LogP contribution < -0.4 is 0 Å². The third kappa shape index (κ3) is 5.57. The van der Waals surface area contributed by atoms with E-state index in [9.17, 15) is 4.79 Å². The van der Waals surface area contributed by atoms with Crippen LogP contribution in [0.25, 0.3) is 11.1 Å². The van der Waals surface area contributed by atoms with Crippen LogP contribution in [0.15, 0.2) is 54.6 Å². The van der Waals surface area contributed by atoms with Crippen molar-refractivity contribution in [1.82, 2.24) is 4.90 Å². The second kappa shape index (κ2) is 8.57. The number of benzene rings is 2. The van der Waals surface area contributed by atoms with Crippen LogP contribution in [0.4, 0.5) is 4.79 Å². The van der Waals surface area contributed by atoms with Crippen molar-refractivity contribution in [3.05, 3.63) is 60.2 Å². The van der Waals surface area contributed by atoms with Gasteiger partial charge in [0.2, 0.25) is 0 Å². The van der Waals surface area contributed by atoms with Crippen molar-refractivity contribution in [2.24, 2.45) is 0 Å². The second-order valence-corrected chi connectivity index (χ2v) is 8.05. The highest BCUT2D eigenvalue weighted by Gasteiger charge is 2.32. The quantitative estimate of drug-likeness (QED) is 0.723. The molecule has 144 valence electrons. The van der Waals surface area contributed by atoms with E-state index in [1.165, 1.54) is 11.1 Å². The van der Waals surface area contributed by atoms with Gasteiger partial charge in [0, 0.05) is 6.54 Å². The minimum Gasteiger partial charge on any atom is -0.444 e. The fraction of sp³-hybridized carbons (Fsp3) is 0.435. The van der Waals surface area contributed by atoms with Crippen LogP contribution in [0.3, 0.4) is 0 Å². The van der Waals surface area contributed by atoms with Crippen LogP contribution in [0.5, 0.6) is 0 Å². The zero-order chi connectivity index (χ0) is 19.3. The molecule has 0 spiro atoms. The number of carbonyl (C=O) groups is 1. The van der Waals surface area contributed by atoms with Gasteiger partial charge in [0.1, 0.15) is 5.60 Å². The Kier molecular flexibility index (Phi) is 6.17. The molecule has 1 atom stereocenters. The van der Waals surface area contributed by atoms with Gasteiger partial charge in [-0.25, -0.2) is 4.79 Å². The fourth-order valence-electron chi connectivity index (χ4n) is 3.31. The summed E-state index contributed by atoms with van der Waals surface area (Å²) in [7, 11) is 0. The van der Waals surface area contributed by atoms with E-state index in [2.05, 4.69) is 36.4 Å². The summed E-state index contributed by atoms with van der Waals surface area (Å²) in [5, 5.41) is 0. The maximum atomic E-state index is 12.3. The molecule has 0 saturated carbocycles. The highest BCUT2D eigenvalue weighted by molar-refractivity contribution is 5.69. The van der Waals surface area contributed by atoms with E-state index in [0.29, 0.717) is 13.2 Å². The molecule has 0 N–H and O–H groups in total. The van der Waals surface area contributed by atoms with Gasteiger partial charge in [-0.1, -0.05) is 54.6 Å². The van der Waals surface area contributed by atoms with Crippen LogP contribution in [-0.2, 0) is 16.1 Å². The van der Waals surface area contributed by atoms with Crippen molar-refractivity contribution in [2.45, 2.75) is 51.9 Å². The molecule has 4 nitrogen and oxygen atoms in total. The first kappa shape index (κ1) is 19.4. The van der Waals surface area contributed by atoms with Gasteiger partial charge in [0.25, 0.3) is 0 Å². The van der Waals surface area contributed by atoms with Crippen molar-refractivity contribution in [2.75, 3.05) is 13.2 Å². The van der Waals surface area contributed by atoms with Crippen LogP contribution in [0, 0.1) is 0 Å². The van der Waals surface area contributed by atoms with Crippen LogP contribution in [0.1, 0.15) is 39.2 Å². The minimum absolute atomic E-state index is 0.100. The fourth-order valence-corrected chi connectivity index (χ4v) is 3.31. The summed E-state index contributed by atoms with van der Waals surface area (Å²) < 4.78 is 11.4. The Bertz CT molecular complexity index is 734. The van der Waals surface area contributed by atoms with Crippen molar-refractivity contribution in [1.29, 1.82) is 0 Å². The molecule has 3 rings (SSSR count). The lowest BCUT2D eigenvalue weighted by Crippen LogP contribution is -2.41. The van der Waals surface area contributed by atoms with Gasteiger partial charge < -0.3 is 14.4 Å². The van der Waals surface area contributed by atoms with Crippen molar-refractivity contribution in [3.63, 3.8) is 0 Å². The smallest absolute Gasteiger partial charge is 0.410 e. The van der Waals surface area contributed by atoms with Gasteiger partial charge in [-0.2, -0.15) is 0 Å².